The first kappa shape index (κ1) is 21.2. The van der Waals surface area contributed by atoms with Gasteiger partial charge in [-0.1, -0.05) is 6.07 Å². The lowest BCUT2D eigenvalue weighted by molar-refractivity contribution is 0.0575. The molecule has 7 nitrogen and oxygen atoms in total. The van der Waals surface area contributed by atoms with Crippen LogP contribution in [0.4, 0.5) is 10.5 Å². The molecule has 0 aliphatic rings. The first-order valence-electron chi connectivity index (χ1n) is 8.86. The van der Waals surface area contributed by atoms with Crippen molar-refractivity contribution in [3.63, 3.8) is 0 Å². The van der Waals surface area contributed by atoms with Crippen LogP contribution < -0.4 is 9.64 Å². The van der Waals surface area contributed by atoms with Gasteiger partial charge in [0.05, 0.1) is 24.9 Å². The number of hydrogen-bond acceptors (Lipinski definition) is 5. The Morgan fingerprint density at radius 1 is 1.21 bits per heavy atom. The summed E-state index contributed by atoms with van der Waals surface area (Å²) < 4.78 is 11.0. The van der Waals surface area contributed by atoms with Crippen LogP contribution in [0.2, 0.25) is 0 Å². The third-order valence-corrected chi connectivity index (χ3v) is 4.08. The van der Waals surface area contributed by atoms with Crippen LogP contribution >= 0.6 is 0 Å². The van der Waals surface area contributed by atoms with Gasteiger partial charge in [-0.2, -0.15) is 0 Å². The zero-order chi connectivity index (χ0) is 21.1. The smallest absolute Gasteiger partial charge is 0.415 e. The summed E-state index contributed by atoms with van der Waals surface area (Å²) in [7, 11) is 1.58. The molecule has 0 aliphatic carbocycles. The largest absolute Gasteiger partial charge is 0.496 e. The summed E-state index contributed by atoms with van der Waals surface area (Å²) in [5.41, 5.74) is 2.12. The Morgan fingerprint density at radius 3 is 2.46 bits per heavy atom. The summed E-state index contributed by atoms with van der Waals surface area (Å²) in [4.78, 5) is 30.0. The van der Waals surface area contributed by atoms with Gasteiger partial charge >= 0.3 is 12.1 Å². The van der Waals surface area contributed by atoms with Crippen molar-refractivity contribution in [2.45, 2.75) is 46.8 Å². The van der Waals surface area contributed by atoms with Gasteiger partial charge in [0.1, 0.15) is 11.4 Å². The maximum Gasteiger partial charge on any atom is 0.415 e. The molecule has 2 rings (SSSR count). The van der Waals surface area contributed by atoms with E-state index in [9.17, 15) is 14.7 Å². The molecule has 0 aliphatic heterocycles. The number of pyridine rings is 1. The molecule has 0 atom stereocenters. The molecule has 28 heavy (non-hydrogen) atoms. The first-order valence-corrected chi connectivity index (χ1v) is 8.86. The molecule has 150 valence electrons. The minimum absolute atomic E-state index is 0.0808. The fourth-order valence-corrected chi connectivity index (χ4v) is 2.77. The average Bonchev–Trinajstić information content (AvgIpc) is 2.60. The van der Waals surface area contributed by atoms with Gasteiger partial charge in [-0.05, 0) is 52.8 Å². The highest BCUT2D eigenvalue weighted by Crippen LogP contribution is 2.27. The molecule has 0 unspecified atom stereocenters. The van der Waals surface area contributed by atoms with E-state index in [1.165, 1.54) is 17.0 Å². The predicted molar refractivity (Wildman–Crippen MR) is 106 cm³/mol. The monoisotopic (exact) mass is 386 g/mol. The molecule has 1 heterocycles. The Kier molecular flexibility index (Phi) is 6.28. The van der Waals surface area contributed by atoms with Gasteiger partial charge in [0.25, 0.3) is 0 Å². The van der Waals surface area contributed by atoms with Crippen LogP contribution in [0.1, 0.15) is 48.0 Å². The van der Waals surface area contributed by atoms with E-state index in [1.54, 1.807) is 46.2 Å². The summed E-state index contributed by atoms with van der Waals surface area (Å²) >= 11 is 0. The quantitative estimate of drug-likeness (QED) is 0.822. The van der Waals surface area contributed by atoms with Crippen molar-refractivity contribution in [3.05, 3.63) is 52.8 Å². The van der Waals surface area contributed by atoms with Crippen molar-refractivity contribution in [1.82, 2.24) is 4.98 Å². The van der Waals surface area contributed by atoms with Crippen LogP contribution in [-0.2, 0) is 11.3 Å². The van der Waals surface area contributed by atoms with E-state index < -0.39 is 17.7 Å². The summed E-state index contributed by atoms with van der Waals surface area (Å²) in [6.45, 7) is 9.19. The van der Waals surface area contributed by atoms with E-state index >= 15 is 0 Å². The molecule has 1 aromatic heterocycles. The Morgan fingerprint density at radius 2 is 1.89 bits per heavy atom. The zero-order valence-corrected chi connectivity index (χ0v) is 17.1. The minimum atomic E-state index is -1.07. The number of rotatable bonds is 5. The van der Waals surface area contributed by atoms with E-state index in [1.807, 2.05) is 13.8 Å². The first-order chi connectivity index (χ1) is 13.0. The molecule has 2 aromatic rings. The normalized spacial score (nSPS) is 11.1. The van der Waals surface area contributed by atoms with Gasteiger partial charge < -0.3 is 14.6 Å². The molecule has 0 saturated heterocycles. The molecule has 1 aromatic carbocycles. The summed E-state index contributed by atoms with van der Waals surface area (Å²) in [5.74, 6) is -0.370. The third-order valence-electron chi connectivity index (χ3n) is 4.08. The lowest BCUT2D eigenvalue weighted by Crippen LogP contribution is -2.37. The van der Waals surface area contributed by atoms with Crippen molar-refractivity contribution < 1.29 is 24.2 Å². The van der Waals surface area contributed by atoms with Crippen LogP contribution in [-0.4, -0.2) is 34.9 Å². The van der Waals surface area contributed by atoms with Crippen molar-refractivity contribution in [1.29, 1.82) is 0 Å². The van der Waals surface area contributed by atoms with Crippen LogP contribution in [0.25, 0.3) is 0 Å². The molecule has 1 N–H and O–H groups in total. The number of aromatic carboxylic acids is 1. The fourth-order valence-electron chi connectivity index (χ4n) is 2.77. The zero-order valence-electron chi connectivity index (χ0n) is 17.1. The molecule has 0 spiro atoms. The van der Waals surface area contributed by atoms with Gasteiger partial charge in [0.15, 0.2) is 0 Å². The molecule has 0 fully saturated rings. The van der Waals surface area contributed by atoms with Crippen LogP contribution in [0.5, 0.6) is 5.75 Å². The SMILES string of the molecule is COc1c(C)cnc(CN(C(=O)OC(C)(C)C)c2cccc(C(=O)O)c2)c1C. The number of anilines is 1. The van der Waals surface area contributed by atoms with E-state index in [0.29, 0.717) is 17.1 Å². The molecule has 0 radical (unpaired) electrons. The van der Waals surface area contributed by atoms with E-state index in [-0.39, 0.29) is 12.1 Å². The van der Waals surface area contributed by atoms with Gasteiger partial charge in [-0.3, -0.25) is 9.88 Å². The number of ether oxygens (including phenoxy) is 2. The topological polar surface area (TPSA) is 89.0 Å². The maximum absolute atomic E-state index is 12.9. The minimum Gasteiger partial charge on any atom is -0.496 e. The van der Waals surface area contributed by atoms with Crippen molar-refractivity contribution in [3.8, 4) is 5.75 Å². The average molecular weight is 386 g/mol. The molecule has 0 bridgehead atoms. The Balaban J connectivity index is 2.49. The van der Waals surface area contributed by atoms with Crippen LogP contribution in [0.3, 0.4) is 0 Å². The highest BCUT2D eigenvalue weighted by atomic mass is 16.6. The molecular weight excluding hydrogens is 360 g/mol. The molecular formula is C21H26N2O5. The number of benzene rings is 1. The number of aromatic nitrogens is 1. The fraction of sp³-hybridized carbons (Fsp3) is 0.381. The lowest BCUT2D eigenvalue weighted by Gasteiger charge is -2.28. The third kappa shape index (κ3) is 5.00. The highest BCUT2D eigenvalue weighted by Gasteiger charge is 2.26. The number of carboxylic acids is 1. The second-order valence-electron chi connectivity index (χ2n) is 7.47. The lowest BCUT2D eigenvalue weighted by atomic mass is 10.1. The van der Waals surface area contributed by atoms with Crippen LogP contribution in [0, 0.1) is 13.8 Å². The number of carbonyl (C=O) groups excluding carboxylic acids is 1. The summed E-state index contributed by atoms with van der Waals surface area (Å²) in [5, 5.41) is 9.29. The maximum atomic E-state index is 12.9. The number of carbonyl (C=O) groups is 2. The molecule has 1 amide bonds. The number of methoxy groups -OCH3 is 1. The van der Waals surface area contributed by atoms with Gasteiger partial charge in [0.2, 0.25) is 0 Å². The molecule has 0 saturated carbocycles. The number of nitrogens with zero attached hydrogens (tertiary/aromatic N) is 2. The number of hydrogen-bond donors (Lipinski definition) is 1. The molecule has 7 heteroatoms. The second-order valence-corrected chi connectivity index (χ2v) is 7.47. The number of carboxylic acid groups (broad SMARTS) is 1. The van der Waals surface area contributed by atoms with E-state index in [2.05, 4.69) is 4.98 Å². The predicted octanol–water partition coefficient (Wildman–Crippen LogP) is 4.35. The standard InChI is InChI=1S/C21H26N2O5/c1-13-11-22-17(14(2)18(13)27-6)12-23(20(26)28-21(3,4)5)16-9-7-8-15(10-16)19(24)25/h7-11H,12H2,1-6H3,(H,24,25). The van der Waals surface area contributed by atoms with Gasteiger partial charge in [-0.25, -0.2) is 9.59 Å². The highest BCUT2D eigenvalue weighted by molar-refractivity contribution is 5.92. The summed E-state index contributed by atoms with van der Waals surface area (Å²) in [6, 6.07) is 6.16. The van der Waals surface area contributed by atoms with E-state index in [0.717, 1.165) is 11.1 Å². The van der Waals surface area contributed by atoms with Crippen molar-refractivity contribution in [2.24, 2.45) is 0 Å². The van der Waals surface area contributed by atoms with E-state index in [4.69, 9.17) is 9.47 Å². The van der Waals surface area contributed by atoms with Crippen molar-refractivity contribution in [2.75, 3.05) is 12.0 Å². The Labute approximate surface area is 164 Å². The van der Waals surface area contributed by atoms with Crippen molar-refractivity contribution >= 4 is 17.7 Å². The number of aryl methyl sites for hydroxylation is 1. The van der Waals surface area contributed by atoms with Gasteiger partial charge in [-0.15, -0.1) is 0 Å². The van der Waals surface area contributed by atoms with Crippen LogP contribution in [0.15, 0.2) is 30.5 Å². The second kappa shape index (κ2) is 8.29. The summed E-state index contributed by atoms with van der Waals surface area (Å²) in [6.07, 6.45) is 1.10. The Hall–Kier alpha value is -3.09. The Bertz CT molecular complexity index is 887. The van der Waals surface area contributed by atoms with Gasteiger partial charge in [0, 0.05) is 23.0 Å². The number of amides is 1.